The maximum atomic E-state index is 12.4. The number of hydrogen-bond donors (Lipinski definition) is 2. The van der Waals surface area contributed by atoms with Gasteiger partial charge in [0, 0.05) is 31.6 Å². The van der Waals surface area contributed by atoms with E-state index >= 15 is 0 Å². The van der Waals surface area contributed by atoms with E-state index in [0.29, 0.717) is 12.3 Å². The molecule has 4 nitrogen and oxygen atoms in total. The number of carbonyl (C=O) groups is 1. The van der Waals surface area contributed by atoms with Crippen LogP contribution in [0.1, 0.15) is 36.9 Å². The highest BCUT2D eigenvalue weighted by atomic mass is 35.5. The van der Waals surface area contributed by atoms with Crippen LogP contribution in [-0.4, -0.2) is 29.9 Å². The van der Waals surface area contributed by atoms with Crippen LogP contribution in [0.25, 0.3) is 0 Å². The second-order valence-corrected chi connectivity index (χ2v) is 7.35. The maximum Gasteiger partial charge on any atom is 0.222 e. The molecule has 3 unspecified atom stereocenters. The van der Waals surface area contributed by atoms with Crippen LogP contribution in [0.15, 0.2) is 60.7 Å². The molecule has 1 fully saturated rings. The Labute approximate surface area is 168 Å². The fraction of sp³-hybridized carbons (Fsp3) is 0.409. The summed E-state index contributed by atoms with van der Waals surface area (Å²) < 4.78 is 0. The van der Waals surface area contributed by atoms with Gasteiger partial charge >= 0.3 is 0 Å². The molecule has 0 aromatic heterocycles. The van der Waals surface area contributed by atoms with Crippen molar-refractivity contribution in [1.82, 2.24) is 10.2 Å². The summed E-state index contributed by atoms with van der Waals surface area (Å²) in [6.45, 7) is 5.21. The molecule has 146 valence electrons. The first-order chi connectivity index (χ1) is 12.6. The van der Waals surface area contributed by atoms with Gasteiger partial charge in [-0.3, -0.25) is 9.69 Å². The summed E-state index contributed by atoms with van der Waals surface area (Å²) in [6, 6.07) is 20.3. The van der Waals surface area contributed by atoms with Gasteiger partial charge in [-0.15, -0.1) is 12.4 Å². The Hall–Kier alpha value is -1.88. The molecule has 3 rings (SSSR count). The zero-order chi connectivity index (χ0) is 18.4. The lowest BCUT2D eigenvalue weighted by Crippen LogP contribution is -2.40. The van der Waals surface area contributed by atoms with Gasteiger partial charge in [0.05, 0.1) is 0 Å². The van der Waals surface area contributed by atoms with E-state index in [9.17, 15) is 4.79 Å². The van der Waals surface area contributed by atoms with Gasteiger partial charge in [-0.2, -0.15) is 0 Å². The van der Waals surface area contributed by atoms with Crippen LogP contribution in [0, 0.1) is 5.92 Å². The van der Waals surface area contributed by atoms with Gasteiger partial charge in [0.25, 0.3) is 0 Å². The minimum absolute atomic E-state index is 0. The Bertz CT molecular complexity index is 695. The molecule has 2 aromatic carbocycles. The number of benzene rings is 2. The van der Waals surface area contributed by atoms with Crippen molar-refractivity contribution in [3.8, 4) is 0 Å². The Morgan fingerprint density at radius 2 is 1.78 bits per heavy atom. The number of hydrogen-bond acceptors (Lipinski definition) is 3. The summed E-state index contributed by atoms with van der Waals surface area (Å²) in [5.74, 6) is 0.533. The van der Waals surface area contributed by atoms with E-state index in [4.69, 9.17) is 5.73 Å². The number of carbonyl (C=O) groups excluding carboxylic acids is 1. The van der Waals surface area contributed by atoms with Crippen LogP contribution in [0.2, 0.25) is 0 Å². The van der Waals surface area contributed by atoms with E-state index in [-0.39, 0.29) is 30.4 Å². The van der Waals surface area contributed by atoms with E-state index < -0.39 is 0 Å². The van der Waals surface area contributed by atoms with Crippen molar-refractivity contribution in [2.45, 2.75) is 38.4 Å². The number of nitrogens with one attached hydrogen (secondary N) is 1. The number of nitrogens with zero attached hydrogens (tertiary/aromatic N) is 1. The minimum atomic E-state index is -0.249. The number of halogens is 1. The smallest absolute Gasteiger partial charge is 0.222 e. The van der Waals surface area contributed by atoms with Crippen molar-refractivity contribution in [3.05, 3.63) is 71.8 Å². The molecule has 5 heteroatoms. The van der Waals surface area contributed by atoms with Crippen LogP contribution < -0.4 is 11.1 Å². The highest BCUT2D eigenvalue weighted by Crippen LogP contribution is 2.22. The zero-order valence-corrected chi connectivity index (χ0v) is 16.7. The van der Waals surface area contributed by atoms with Gasteiger partial charge in [0.1, 0.15) is 0 Å². The van der Waals surface area contributed by atoms with Gasteiger partial charge in [0.2, 0.25) is 5.91 Å². The number of likely N-dealkylation sites (tertiary alicyclic amines) is 1. The number of amides is 1. The van der Waals surface area contributed by atoms with Crippen molar-refractivity contribution in [2.75, 3.05) is 13.1 Å². The standard InChI is InChI=1S/C22H29N3O.ClH/c1-17(24-22(26)14-21(23)19-10-6-3-7-11-19)20-12-13-25(16-20)15-18-8-4-2-5-9-18;/h2-11,17,20-21H,12-16,23H2,1H3,(H,24,26);1H. The molecule has 1 aliphatic rings. The lowest BCUT2D eigenvalue weighted by Gasteiger charge is -2.22. The third kappa shape index (κ3) is 6.35. The van der Waals surface area contributed by atoms with E-state index in [1.807, 2.05) is 36.4 Å². The van der Waals surface area contributed by atoms with Crippen molar-refractivity contribution in [1.29, 1.82) is 0 Å². The first-order valence-corrected chi connectivity index (χ1v) is 9.48. The number of rotatable bonds is 7. The second-order valence-electron chi connectivity index (χ2n) is 7.35. The molecule has 1 amide bonds. The quantitative estimate of drug-likeness (QED) is 0.764. The van der Waals surface area contributed by atoms with Crippen molar-refractivity contribution in [3.63, 3.8) is 0 Å². The molecule has 0 aliphatic carbocycles. The molecule has 0 spiro atoms. The van der Waals surface area contributed by atoms with E-state index in [0.717, 1.165) is 31.6 Å². The summed E-state index contributed by atoms with van der Waals surface area (Å²) in [7, 11) is 0. The molecule has 2 aromatic rings. The highest BCUT2D eigenvalue weighted by Gasteiger charge is 2.28. The van der Waals surface area contributed by atoms with E-state index in [1.54, 1.807) is 0 Å². The third-order valence-electron chi connectivity index (χ3n) is 5.29. The molecule has 0 saturated carbocycles. The predicted molar refractivity (Wildman–Crippen MR) is 113 cm³/mol. The second kappa shape index (κ2) is 10.5. The first-order valence-electron chi connectivity index (χ1n) is 9.48. The molecule has 3 atom stereocenters. The van der Waals surface area contributed by atoms with Crippen LogP contribution >= 0.6 is 12.4 Å². The molecular formula is C22H30ClN3O. The van der Waals surface area contributed by atoms with Gasteiger partial charge < -0.3 is 11.1 Å². The SMILES string of the molecule is CC(NC(=O)CC(N)c1ccccc1)C1CCN(Cc2ccccc2)C1.Cl. The van der Waals surface area contributed by atoms with Crippen LogP contribution in [0.4, 0.5) is 0 Å². The van der Waals surface area contributed by atoms with Crippen molar-refractivity contribution >= 4 is 18.3 Å². The van der Waals surface area contributed by atoms with Gasteiger partial charge in [-0.25, -0.2) is 0 Å². The molecule has 1 aliphatic heterocycles. The normalized spacial score (nSPS) is 19.1. The molecular weight excluding hydrogens is 358 g/mol. The van der Waals surface area contributed by atoms with Crippen molar-refractivity contribution in [2.24, 2.45) is 11.7 Å². The van der Waals surface area contributed by atoms with Gasteiger partial charge in [0.15, 0.2) is 0 Å². The fourth-order valence-corrected chi connectivity index (χ4v) is 3.70. The Morgan fingerprint density at radius 3 is 2.44 bits per heavy atom. The minimum Gasteiger partial charge on any atom is -0.353 e. The average molecular weight is 388 g/mol. The highest BCUT2D eigenvalue weighted by molar-refractivity contribution is 5.85. The fourth-order valence-electron chi connectivity index (χ4n) is 3.70. The third-order valence-corrected chi connectivity index (χ3v) is 5.29. The Morgan fingerprint density at radius 1 is 1.15 bits per heavy atom. The zero-order valence-electron chi connectivity index (χ0n) is 15.9. The summed E-state index contributed by atoms with van der Waals surface area (Å²) in [5.41, 5.74) is 8.51. The lowest BCUT2D eigenvalue weighted by atomic mass is 9.99. The molecule has 27 heavy (non-hydrogen) atoms. The van der Waals surface area contributed by atoms with Gasteiger partial charge in [-0.1, -0.05) is 60.7 Å². The summed E-state index contributed by atoms with van der Waals surface area (Å²) in [5, 5.41) is 3.16. The largest absolute Gasteiger partial charge is 0.353 e. The summed E-state index contributed by atoms with van der Waals surface area (Å²) in [6.07, 6.45) is 1.45. The van der Waals surface area contributed by atoms with Crippen molar-refractivity contribution < 1.29 is 4.79 Å². The monoisotopic (exact) mass is 387 g/mol. The molecule has 1 heterocycles. The van der Waals surface area contributed by atoms with E-state index in [2.05, 4.69) is 41.4 Å². The average Bonchev–Trinajstić information content (AvgIpc) is 3.12. The predicted octanol–water partition coefficient (Wildman–Crippen LogP) is 3.53. The van der Waals surface area contributed by atoms with Crippen LogP contribution in [0.3, 0.4) is 0 Å². The first kappa shape index (κ1) is 21.4. The van der Waals surface area contributed by atoms with Gasteiger partial charge in [-0.05, 0) is 36.9 Å². The topological polar surface area (TPSA) is 58.4 Å². The molecule has 0 radical (unpaired) electrons. The number of nitrogens with two attached hydrogens (primary N) is 1. The van der Waals surface area contributed by atoms with E-state index in [1.165, 1.54) is 5.56 Å². The lowest BCUT2D eigenvalue weighted by molar-refractivity contribution is -0.122. The molecule has 0 bridgehead atoms. The summed E-state index contributed by atoms with van der Waals surface area (Å²) >= 11 is 0. The maximum absolute atomic E-state index is 12.4. The van der Waals surface area contributed by atoms with Crippen LogP contribution in [0.5, 0.6) is 0 Å². The Kier molecular flexibility index (Phi) is 8.29. The Balaban J connectivity index is 0.00000261. The molecule has 3 N–H and O–H groups in total. The molecule has 1 saturated heterocycles. The van der Waals surface area contributed by atoms with Crippen LogP contribution in [-0.2, 0) is 11.3 Å². The summed E-state index contributed by atoms with van der Waals surface area (Å²) in [4.78, 5) is 14.8.